The van der Waals surface area contributed by atoms with Crippen LogP contribution in [-0.2, 0) is 4.74 Å². The number of ether oxygens (including phenoxy) is 1. The molecular weight excluding hydrogens is 336 g/mol. The van der Waals surface area contributed by atoms with E-state index >= 15 is 0 Å². The van der Waals surface area contributed by atoms with Crippen molar-refractivity contribution in [2.75, 3.05) is 6.61 Å². The molecule has 22 heavy (non-hydrogen) atoms. The molecular formula is C20H41BrO. The maximum absolute atomic E-state index is 6.06. The summed E-state index contributed by atoms with van der Waals surface area (Å²) in [6.45, 7) is 12.1. The minimum absolute atomic E-state index is 0.0399. The van der Waals surface area contributed by atoms with Crippen molar-refractivity contribution in [1.82, 2.24) is 0 Å². The summed E-state index contributed by atoms with van der Waals surface area (Å²) in [5, 5.41) is 0. The van der Waals surface area contributed by atoms with Crippen LogP contribution in [0.2, 0.25) is 0 Å². The van der Waals surface area contributed by atoms with E-state index in [0.29, 0.717) is 10.7 Å². The fourth-order valence-electron chi connectivity index (χ4n) is 3.32. The van der Waals surface area contributed by atoms with Gasteiger partial charge in [-0.05, 0) is 46.0 Å². The molecule has 0 amide bonds. The molecule has 0 bridgehead atoms. The minimum atomic E-state index is 0.0399. The normalized spacial score (nSPS) is 15.0. The highest BCUT2D eigenvalue weighted by atomic mass is 79.9. The van der Waals surface area contributed by atoms with Crippen LogP contribution in [0.25, 0.3) is 0 Å². The first-order valence-corrected chi connectivity index (χ1v) is 10.6. The number of hydrogen-bond acceptors (Lipinski definition) is 1. The molecule has 2 heteroatoms. The Balaban J connectivity index is 4.11. The van der Waals surface area contributed by atoms with E-state index in [4.69, 9.17) is 4.74 Å². The minimum Gasteiger partial charge on any atom is -0.376 e. The van der Waals surface area contributed by atoms with Gasteiger partial charge in [-0.15, -0.1) is 0 Å². The van der Waals surface area contributed by atoms with Crippen LogP contribution in [0, 0.1) is 5.92 Å². The number of unbranched alkanes of at least 4 members (excludes halogenated alkanes) is 6. The van der Waals surface area contributed by atoms with Crippen LogP contribution in [0.5, 0.6) is 0 Å². The average Bonchev–Trinajstić information content (AvgIpc) is 2.44. The molecule has 0 rings (SSSR count). The van der Waals surface area contributed by atoms with Gasteiger partial charge in [0.2, 0.25) is 0 Å². The van der Waals surface area contributed by atoms with Crippen molar-refractivity contribution in [2.24, 2.45) is 5.92 Å². The van der Waals surface area contributed by atoms with Crippen LogP contribution in [0.4, 0.5) is 0 Å². The van der Waals surface area contributed by atoms with Crippen LogP contribution in [0.15, 0.2) is 0 Å². The van der Waals surface area contributed by atoms with E-state index in [1.54, 1.807) is 0 Å². The second-order valence-electron chi connectivity index (χ2n) is 7.36. The third kappa shape index (κ3) is 11.9. The Bertz CT molecular complexity index is 238. The van der Waals surface area contributed by atoms with E-state index in [1.807, 2.05) is 0 Å². The molecule has 0 aromatic rings. The summed E-state index contributed by atoms with van der Waals surface area (Å²) in [5.74, 6) is 0.712. The molecule has 134 valence electrons. The van der Waals surface area contributed by atoms with Crippen LogP contribution < -0.4 is 0 Å². The van der Waals surface area contributed by atoms with Gasteiger partial charge in [-0.3, -0.25) is 0 Å². The fraction of sp³-hybridized carbons (Fsp3) is 1.00. The average molecular weight is 377 g/mol. The molecule has 0 N–H and O–H groups in total. The summed E-state index contributed by atoms with van der Waals surface area (Å²) in [6.07, 6.45) is 15.0. The molecule has 0 saturated heterocycles. The Hall–Kier alpha value is 0.440. The molecule has 2 unspecified atom stereocenters. The van der Waals surface area contributed by atoms with E-state index in [0.717, 1.165) is 6.61 Å². The zero-order valence-electron chi connectivity index (χ0n) is 15.9. The predicted molar refractivity (Wildman–Crippen MR) is 104 cm³/mol. The van der Waals surface area contributed by atoms with Gasteiger partial charge in [0.15, 0.2) is 0 Å². The van der Waals surface area contributed by atoms with Gasteiger partial charge in [0.1, 0.15) is 0 Å². The van der Waals surface area contributed by atoms with Crippen molar-refractivity contribution in [3.8, 4) is 0 Å². The van der Waals surface area contributed by atoms with Gasteiger partial charge in [0, 0.05) is 11.4 Å². The molecule has 0 aliphatic rings. The van der Waals surface area contributed by atoms with Gasteiger partial charge in [-0.25, -0.2) is 0 Å². The quantitative estimate of drug-likeness (QED) is 0.212. The van der Waals surface area contributed by atoms with Crippen molar-refractivity contribution in [3.63, 3.8) is 0 Å². The summed E-state index contributed by atoms with van der Waals surface area (Å²) in [5.41, 5.74) is 0.0399. The van der Waals surface area contributed by atoms with Gasteiger partial charge in [0.05, 0.1) is 5.60 Å². The highest BCUT2D eigenvalue weighted by Gasteiger charge is 2.28. The summed E-state index contributed by atoms with van der Waals surface area (Å²) < 4.78 is 6.06. The summed E-state index contributed by atoms with van der Waals surface area (Å²) >= 11 is 3.65. The van der Waals surface area contributed by atoms with Gasteiger partial charge >= 0.3 is 0 Å². The molecule has 0 fully saturated rings. The van der Waals surface area contributed by atoms with Crippen molar-refractivity contribution in [3.05, 3.63) is 0 Å². The second kappa shape index (κ2) is 13.8. The first-order valence-electron chi connectivity index (χ1n) is 9.72. The smallest absolute Gasteiger partial charge is 0.0654 e. The van der Waals surface area contributed by atoms with E-state index in [1.165, 1.54) is 70.6 Å². The van der Waals surface area contributed by atoms with E-state index in [2.05, 4.69) is 50.5 Å². The van der Waals surface area contributed by atoms with Crippen LogP contribution in [-0.4, -0.2) is 17.0 Å². The molecule has 0 heterocycles. The molecule has 2 atom stereocenters. The van der Waals surface area contributed by atoms with E-state index < -0.39 is 0 Å². The first kappa shape index (κ1) is 22.4. The number of hydrogen-bond donors (Lipinski definition) is 0. The van der Waals surface area contributed by atoms with Gasteiger partial charge in [0.25, 0.3) is 0 Å². The van der Waals surface area contributed by atoms with Crippen molar-refractivity contribution in [1.29, 1.82) is 0 Å². The molecule has 0 saturated carbocycles. The first-order chi connectivity index (χ1) is 10.4. The Labute approximate surface area is 149 Å². The summed E-state index contributed by atoms with van der Waals surface area (Å²) in [6, 6.07) is 0. The lowest BCUT2D eigenvalue weighted by Gasteiger charge is -2.34. The third-order valence-corrected chi connectivity index (χ3v) is 5.27. The number of halogens is 1. The van der Waals surface area contributed by atoms with E-state index in [9.17, 15) is 0 Å². The van der Waals surface area contributed by atoms with Gasteiger partial charge in [-0.2, -0.15) is 0 Å². The lowest BCUT2D eigenvalue weighted by Crippen LogP contribution is -2.34. The second-order valence-corrected chi connectivity index (χ2v) is 8.92. The van der Waals surface area contributed by atoms with E-state index in [-0.39, 0.29) is 5.60 Å². The molecule has 1 nitrogen and oxygen atoms in total. The number of alkyl halides is 1. The topological polar surface area (TPSA) is 9.23 Å². The van der Waals surface area contributed by atoms with Crippen molar-refractivity contribution >= 4 is 15.9 Å². The molecule has 0 aromatic carbocycles. The SMILES string of the molecule is CCCCCCCCC(CCCCC(C)Br)C(C)(C)OCC. The summed E-state index contributed by atoms with van der Waals surface area (Å²) in [7, 11) is 0. The Morgan fingerprint density at radius 1 is 0.818 bits per heavy atom. The molecule has 0 aromatic heterocycles. The highest BCUT2D eigenvalue weighted by Crippen LogP contribution is 2.31. The standard InChI is InChI=1S/C20H41BrO/c1-6-8-9-10-11-12-16-19(20(4,5)22-7-2)17-14-13-15-18(3)21/h18-19H,6-17H2,1-5H3. The number of rotatable bonds is 15. The maximum Gasteiger partial charge on any atom is 0.0654 e. The Morgan fingerprint density at radius 3 is 1.86 bits per heavy atom. The largest absolute Gasteiger partial charge is 0.376 e. The van der Waals surface area contributed by atoms with Gasteiger partial charge in [-0.1, -0.05) is 81.1 Å². The molecule has 0 aliphatic carbocycles. The monoisotopic (exact) mass is 376 g/mol. The Kier molecular flexibility index (Phi) is 14.1. The molecule has 0 spiro atoms. The predicted octanol–water partition coefficient (Wildman–Crippen LogP) is 7.51. The summed E-state index contributed by atoms with van der Waals surface area (Å²) in [4.78, 5) is 0.657. The zero-order chi connectivity index (χ0) is 16.8. The van der Waals surface area contributed by atoms with Crippen LogP contribution >= 0.6 is 15.9 Å². The zero-order valence-corrected chi connectivity index (χ0v) is 17.5. The highest BCUT2D eigenvalue weighted by molar-refractivity contribution is 9.09. The molecule has 0 radical (unpaired) electrons. The van der Waals surface area contributed by atoms with Gasteiger partial charge < -0.3 is 4.74 Å². The third-order valence-electron chi connectivity index (χ3n) is 4.81. The lowest BCUT2D eigenvalue weighted by atomic mass is 9.82. The fourth-order valence-corrected chi connectivity index (χ4v) is 3.64. The lowest BCUT2D eigenvalue weighted by molar-refractivity contribution is -0.0605. The Morgan fingerprint density at radius 2 is 1.32 bits per heavy atom. The molecule has 0 aliphatic heterocycles. The van der Waals surface area contributed by atoms with Crippen LogP contribution in [0.1, 0.15) is 105 Å². The van der Waals surface area contributed by atoms with Crippen molar-refractivity contribution < 1.29 is 4.74 Å². The van der Waals surface area contributed by atoms with Crippen LogP contribution in [0.3, 0.4) is 0 Å². The van der Waals surface area contributed by atoms with Crippen molar-refractivity contribution in [2.45, 2.75) is 116 Å². The maximum atomic E-state index is 6.06.